The Balaban J connectivity index is 1.82. The summed E-state index contributed by atoms with van der Waals surface area (Å²) in [6.45, 7) is 2.68. The first-order valence-corrected chi connectivity index (χ1v) is 10.4. The fourth-order valence-electron chi connectivity index (χ4n) is 2.54. The van der Waals surface area contributed by atoms with Crippen LogP contribution >= 0.6 is 11.3 Å². The van der Waals surface area contributed by atoms with Gasteiger partial charge in [-0.05, 0) is 31.2 Å². The van der Waals surface area contributed by atoms with Crippen molar-refractivity contribution in [2.24, 2.45) is 4.99 Å². The summed E-state index contributed by atoms with van der Waals surface area (Å²) in [5.74, 6) is -0.663. The molecule has 0 saturated heterocycles. The lowest BCUT2D eigenvalue weighted by molar-refractivity contribution is -0.117. The van der Waals surface area contributed by atoms with E-state index >= 15 is 0 Å². The molecule has 1 aromatic heterocycles. The van der Waals surface area contributed by atoms with Crippen LogP contribution in [0, 0.1) is 0 Å². The fraction of sp³-hybridized carbons (Fsp3) is 0.222. The van der Waals surface area contributed by atoms with Gasteiger partial charge in [0, 0.05) is 13.0 Å². The molecule has 0 unspecified atom stereocenters. The van der Waals surface area contributed by atoms with E-state index in [0.29, 0.717) is 11.3 Å². The molecular formula is C18H18N2O3S2. The number of carbonyl (C=O) groups is 1. The Hall–Kier alpha value is -2.25. The number of thiazole rings is 1. The molecule has 0 aliphatic carbocycles. The molecule has 1 heterocycles. The summed E-state index contributed by atoms with van der Waals surface area (Å²) < 4.78 is 27.5. The molecule has 0 atom stereocenters. The highest BCUT2D eigenvalue weighted by molar-refractivity contribution is 7.91. The highest BCUT2D eigenvalue weighted by atomic mass is 32.2. The molecule has 0 radical (unpaired) electrons. The van der Waals surface area contributed by atoms with E-state index in [9.17, 15) is 13.2 Å². The lowest BCUT2D eigenvalue weighted by atomic mass is 10.3. The van der Waals surface area contributed by atoms with Crippen molar-refractivity contribution in [1.82, 2.24) is 4.57 Å². The number of para-hydroxylation sites is 1. The lowest BCUT2D eigenvalue weighted by Gasteiger charge is -2.02. The van der Waals surface area contributed by atoms with Crippen molar-refractivity contribution in [3.8, 4) is 0 Å². The SMILES string of the molecule is CCn1c(=NC(=O)CCS(=O)(=O)c2ccccc2)sc2ccccc21. The molecule has 25 heavy (non-hydrogen) atoms. The molecule has 5 nitrogen and oxygen atoms in total. The van der Waals surface area contributed by atoms with Crippen LogP contribution < -0.4 is 4.80 Å². The van der Waals surface area contributed by atoms with Crippen molar-refractivity contribution < 1.29 is 13.2 Å². The van der Waals surface area contributed by atoms with Crippen LogP contribution in [-0.4, -0.2) is 24.6 Å². The van der Waals surface area contributed by atoms with Crippen LogP contribution in [0.4, 0.5) is 0 Å². The summed E-state index contributed by atoms with van der Waals surface area (Å²) >= 11 is 1.43. The molecule has 130 valence electrons. The van der Waals surface area contributed by atoms with E-state index < -0.39 is 15.7 Å². The zero-order valence-electron chi connectivity index (χ0n) is 13.8. The summed E-state index contributed by atoms with van der Waals surface area (Å²) in [6, 6.07) is 16.0. The van der Waals surface area contributed by atoms with E-state index in [1.54, 1.807) is 18.2 Å². The number of amides is 1. The predicted octanol–water partition coefficient (Wildman–Crippen LogP) is 3.01. The van der Waals surface area contributed by atoms with Crippen molar-refractivity contribution in [3.63, 3.8) is 0 Å². The second-order valence-electron chi connectivity index (χ2n) is 5.48. The Morgan fingerprint density at radius 1 is 1.08 bits per heavy atom. The van der Waals surface area contributed by atoms with Gasteiger partial charge < -0.3 is 4.57 Å². The summed E-state index contributed by atoms with van der Waals surface area (Å²) in [4.78, 5) is 17.2. The average Bonchev–Trinajstić information content (AvgIpc) is 2.97. The Kier molecular flexibility index (Phi) is 5.15. The molecule has 1 amide bonds. The Labute approximate surface area is 150 Å². The van der Waals surface area contributed by atoms with Crippen LogP contribution in [0.25, 0.3) is 10.2 Å². The van der Waals surface area contributed by atoms with Crippen molar-refractivity contribution in [2.45, 2.75) is 24.8 Å². The van der Waals surface area contributed by atoms with Crippen LogP contribution in [0.3, 0.4) is 0 Å². The number of aromatic nitrogens is 1. The second kappa shape index (κ2) is 7.33. The van der Waals surface area contributed by atoms with E-state index in [1.807, 2.05) is 35.8 Å². The first-order valence-electron chi connectivity index (χ1n) is 7.95. The molecule has 3 aromatic rings. The van der Waals surface area contributed by atoms with E-state index in [4.69, 9.17) is 0 Å². The average molecular weight is 374 g/mol. The van der Waals surface area contributed by atoms with Gasteiger partial charge in [-0.25, -0.2) is 8.42 Å². The third kappa shape index (κ3) is 3.88. The first-order chi connectivity index (χ1) is 12.0. The lowest BCUT2D eigenvalue weighted by Crippen LogP contribution is -2.17. The zero-order chi connectivity index (χ0) is 17.9. The largest absolute Gasteiger partial charge is 0.317 e. The number of nitrogens with zero attached hydrogens (tertiary/aromatic N) is 2. The molecule has 0 aliphatic rings. The number of benzene rings is 2. The van der Waals surface area contributed by atoms with Gasteiger partial charge >= 0.3 is 0 Å². The number of aryl methyl sites for hydroxylation is 1. The highest BCUT2D eigenvalue weighted by Crippen LogP contribution is 2.16. The maximum absolute atomic E-state index is 12.3. The number of carbonyl (C=O) groups excluding carboxylic acids is 1. The molecule has 0 N–H and O–H groups in total. The van der Waals surface area contributed by atoms with E-state index in [-0.39, 0.29) is 17.1 Å². The Bertz CT molecular complexity index is 1060. The summed E-state index contributed by atoms with van der Waals surface area (Å²) in [5.41, 5.74) is 1.03. The van der Waals surface area contributed by atoms with Crippen LogP contribution in [-0.2, 0) is 21.2 Å². The monoisotopic (exact) mass is 374 g/mol. The maximum atomic E-state index is 12.3. The molecule has 0 spiro atoms. The zero-order valence-corrected chi connectivity index (χ0v) is 15.4. The molecular weight excluding hydrogens is 356 g/mol. The van der Waals surface area contributed by atoms with Gasteiger partial charge in [0.2, 0.25) is 5.91 Å². The fourth-order valence-corrected chi connectivity index (χ4v) is 4.90. The van der Waals surface area contributed by atoms with Crippen molar-refractivity contribution in [2.75, 3.05) is 5.75 Å². The third-order valence-electron chi connectivity index (χ3n) is 3.81. The summed E-state index contributed by atoms with van der Waals surface area (Å²) in [7, 11) is -3.47. The van der Waals surface area contributed by atoms with Gasteiger partial charge in [-0.15, -0.1) is 0 Å². The van der Waals surface area contributed by atoms with Crippen molar-refractivity contribution in [3.05, 3.63) is 59.4 Å². The quantitative estimate of drug-likeness (QED) is 0.689. The van der Waals surface area contributed by atoms with Crippen LogP contribution in [0.1, 0.15) is 13.3 Å². The smallest absolute Gasteiger partial charge is 0.249 e. The minimum atomic E-state index is -3.47. The molecule has 2 aromatic carbocycles. The van der Waals surface area contributed by atoms with Crippen LogP contribution in [0.5, 0.6) is 0 Å². The maximum Gasteiger partial charge on any atom is 0.249 e. The molecule has 3 rings (SSSR count). The Morgan fingerprint density at radius 3 is 2.48 bits per heavy atom. The first kappa shape index (κ1) is 17.6. The molecule has 7 heteroatoms. The second-order valence-corrected chi connectivity index (χ2v) is 8.60. The number of sulfone groups is 1. The summed E-state index contributed by atoms with van der Waals surface area (Å²) in [5, 5.41) is 0. The normalized spacial score (nSPS) is 12.6. The van der Waals surface area contributed by atoms with E-state index in [2.05, 4.69) is 4.99 Å². The Morgan fingerprint density at radius 2 is 1.76 bits per heavy atom. The minimum Gasteiger partial charge on any atom is -0.317 e. The highest BCUT2D eigenvalue weighted by Gasteiger charge is 2.16. The van der Waals surface area contributed by atoms with Gasteiger partial charge in [0.25, 0.3) is 0 Å². The van der Waals surface area contributed by atoms with E-state index in [0.717, 1.165) is 10.2 Å². The number of hydrogen-bond donors (Lipinski definition) is 0. The topological polar surface area (TPSA) is 68.5 Å². The number of rotatable bonds is 5. The third-order valence-corrected chi connectivity index (χ3v) is 6.60. The van der Waals surface area contributed by atoms with Gasteiger partial charge in [0.05, 0.1) is 20.9 Å². The van der Waals surface area contributed by atoms with Crippen molar-refractivity contribution >= 4 is 37.3 Å². The molecule has 0 bridgehead atoms. The molecule has 0 saturated carbocycles. The molecule has 0 aliphatic heterocycles. The van der Waals surface area contributed by atoms with Gasteiger partial charge in [0.1, 0.15) is 0 Å². The van der Waals surface area contributed by atoms with Gasteiger partial charge in [0.15, 0.2) is 14.6 Å². The summed E-state index contributed by atoms with van der Waals surface area (Å²) in [6.07, 6.45) is -0.130. The number of fused-ring (bicyclic) bond motifs is 1. The van der Waals surface area contributed by atoms with Gasteiger partial charge in [-0.3, -0.25) is 4.79 Å². The molecule has 0 fully saturated rings. The standard InChI is InChI=1S/C18H18N2O3S2/c1-2-20-15-10-6-7-11-16(15)24-18(20)19-17(21)12-13-25(22,23)14-8-4-3-5-9-14/h3-11H,2,12-13H2,1H3. The van der Waals surface area contributed by atoms with Crippen LogP contribution in [0.2, 0.25) is 0 Å². The van der Waals surface area contributed by atoms with Crippen molar-refractivity contribution in [1.29, 1.82) is 0 Å². The predicted molar refractivity (Wildman–Crippen MR) is 99.2 cm³/mol. The minimum absolute atomic E-state index is 0.130. The van der Waals surface area contributed by atoms with Gasteiger partial charge in [-0.1, -0.05) is 41.7 Å². The number of hydrogen-bond acceptors (Lipinski definition) is 4. The van der Waals surface area contributed by atoms with Crippen LogP contribution in [0.15, 0.2) is 64.5 Å². The van der Waals surface area contributed by atoms with Gasteiger partial charge in [-0.2, -0.15) is 4.99 Å². The van der Waals surface area contributed by atoms with E-state index in [1.165, 1.54) is 23.5 Å².